The van der Waals surface area contributed by atoms with Crippen molar-refractivity contribution < 1.29 is 4.79 Å². The molecular formula is C22H17ClN4O. The first-order valence-electron chi connectivity index (χ1n) is 8.78. The van der Waals surface area contributed by atoms with Crippen LogP contribution in [0.3, 0.4) is 0 Å². The number of pyridine rings is 2. The molecule has 0 atom stereocenters. The second-order valence-corrected chi connectivity index (χ2v) is 6.68. The number of hydrogen-bond acceptors (Lipinski definition) is 4. The number of nitrogens with one attached hydrogen (secondary N) is 2. The molecule has 0 unspecified atom stereocenters. The van der Waals surface area contributed by atoms with Gasteiger partial charge in [0.25, 0.3) is 5.91 Å². The van der Waals surface area contributed by atoms with Crippen LogP contribution in [0.1, 0.15) is 15.9 Å². The molecule has 0 radical (unpaired) electrons. The van der Waals surface area contributed by atoms with E-state index in [4.69, 9.17) is 11.6 Å². The second kappa shape index (κ2) is 8.06. The van der Waals surface area contributed by atoms with Gasteiger partial charge in [0.1, 0.15) is 5.82 Å². The van der Waals surface area contributed by atoms with Gasteiger partial charge in [-0.15, -0.1) is 0 Å². The van der Waals surface area contributed by atoms with E-state index in [1.54, 1.807) is 48.8 Å². The zero-order chi connectivity index (χ0) is 19.3. The fourth-order valence-electron chi connectivity index (χ4n) is 2.88. The molecular weight excluding hydrogens is 372 g/mol. The van der Waals surface area contributed by atoms with Crippen molar-refractivity contribution in [3.8, 4) is 0 Å². The van der Waals surface area contributed by atoms with E-state index < -0.39 is 0 Å². The van der Waals surface area contributed by atoms with Gasteiger partial charge in [-0.1, -0.05) is 23.7 Å². The van der Waals surface area contributed by atoms with Crippen LogP contribution in [-0.2, 0) is 6.54 Å². The standard InChI is InChI=1S/C22H17ClN4O/c23-17-6-8-18(9-7-17)27-22(28)19-4-2-12-25-21(19)26-14-15-5-10-20-16(13-15)3-1-11-24-20/h1-13H,14H2,(H,25,26)(H,27,28). The van der Waals surface area contributed by atoms with Crippen molar-refractivity contribution in [3.63, 3.8) is 0 Å². The third-order valence-corrected chi connectivity index (χ3v) is 4.53. The Kier molecular flexibility index (Phi) is 5.17. The molecule has 138 valence electrons. The summed E-state index contributed by atoms with van der Waals surface area (Å²) < 4.78 is 0. The summed E-state index contributed by atoms with van der Waals surface area (Å²) in [7, 11) is 0. The minimum absolute atomic E-state index is 0.236. The molecule has 2 N–H and O–H groups in total. The molecule has 2 aromatic carbocycles. The molecule has 0 aliphatic rings. The monoisotopic (exact) mass is 388 g/mol. The van der Waals surface area contributed by atoms with Crippen LogP contribution in [0, 0.1) is 0 Å². The van der Waals surface area contributed by atoms with E-state index in [-0.39, 0.29) is 5.91 Å². The normalized spacial score (nSPS) is 10.6. The van der Waals surface area contributed by atoms with Crippen LogP contribution in [0.25, 0.3) is 10.9 Å². The maximum Gasteiger partial charge on any atom is 0.259 e. The van der Waals surface area contributed by atoms with Gasteiger partial charge < -0.3 is 10.6 Å². The summed E-state index contributed by atoms with van der Waals surface area (Å²) in [5.41, 5.74) is 3.17. The average molecular weight is 389 g/mol. The summed E-state index contributed by atoms with van der Waals surface area (Å²) in [6.45, 7) is 0.545. The van der Waals surface area contributed by atoms with E-state index in [9.17, 15) is 4.79 Å². The zero-order valence-electron chi connectivity index (χ0n) is 14.9. The van der Waals surface area contributed by atoms with Crippen LogP contribution in [0.2, 0.25) is 5.02 Å². The van der Waals surface area contributed by atoms with Gasteiger partial charge in [0.2, 0.25) is 0 Å². The fraction of sp³-hybridized carbons (Fsp3) is 0.0455. The van der Waals surface area contributed by atoms with E-state index in [2.05, 4.69) is 26.7 Å². The summed E-state index contributed by atoms with van der Waals surface area (Å²) in [6, 6.07) is 20.5. The Morgan fingerprint density at radius 1 is 0.929 bits per heavy atom. The van der Waals surface area contributed by atoms with Gasteiger partial charge in [0, 0.05) is 35.0 Å². The highest BCUT2D eigenvalue weighted by Gasteiger charge is 2.12. The molecule has 1 amide bonds. The zero-order valence-corrected chi connectivity index (χ0v) is 15.6. The number of amides is 1. The fourth-order valence-corrected chi connectivity index (χ4v) is 3.01. The maximum atomic E-state index is 12.7. The Morgan fingerprint density at radius 3 is 2.57 bits per heavy atom. The molecule has 0 aliphatic carbocycles. The van der Waals surface area contributed by atoms with Crippen LogP contribution in [0.5, 0.6) is 0 Å². The number of rotatable bonds is 5. The Labute approximate surface area is 167 Å². The van der Waals surface area contributed by atoms with Crippen molar-refractivity contribution in [1.29, 1.82) is 0 Å². The quantitative estimate of drug-likeness (QED) is 0.496. The van der Waals surface area contributed by atoms with Gasteiger partial charge in [-0.2, -0.15) is 0 Å². The number of halogens is 1. The van der Waals surface area contributed by atoms with Gasteiger partial charge >= 0.3 is 0 Å². The molecule has 0 aliphatic heterocycles. The van der Waals surface area contributed by atoms with Gasteiger partial charge in [-0.05, 0) is 60.2 Å². The number of fused-ring (bicyclic) bond motifs is 1. The number of benzene rings is 2. The predicted molar refractivity (Wildman–Crippen MR) is 113 cm³/mol. The first-order valence-corrected chi connectivity index (χ1v) is 9.16. The smallest absolute Gasteiger partial charge is 0.259 e. The van der Waals surface area contributed by atoms with Crippen LogP contribution >= 0.6 is 11.6 Å². The summed E-state index contributed by atoms with van der Waals surface area (Å²) in [4.78, 5) is 21.3. The molecule has 4 aromatic rings. The lowest BCUT2D eigenvalue weighted by Crippen LogP contribution is -2.15. The molecule has 2 aromatic heterocycles. The van der Waals surface area contributed by atoms with Gasteiger partial charge in [-0.3, -0.25) is 9.78 Å². The third-order valence-electron chi connectivity index (χ3n) is 4.28. The highest BCUT2D eigenvalue weighted by atomic mass is 35.5. The van der Waals surface area contributed by atoms with E-state index in [0.29, 0.717) is 28.6 Å². The minimum Gasteiger partial charge on any atom is -0.365 e. The largest absolute Gasteiger partial charge is 0.365 e. The predicted octanol–water partition coefficient (Wildman–Crippen LogP) is 5.15. The topological polar surface area (TPSA) is 66.9 Å². The number of carbonyl (C=O) groups excluding carboxylic acids is 1. The highest BCUT2D eigenvalue weighted by molar-refractivity contribution is 6.30. The van der Waals surface area contributed by atoms with Crippen LogP contribution < -0.4 is 10.6 Å². The van der Waals surface area contributed by atoms with Crippen molar-refractivity contribution in [3.05, 3.63) is 95.3 Å². The summed E-state index contributed by atoms with van der Waals surface area (Å²) in [5, 5.41) is 7.81. The maximum absolute atomic E-state index is 12.7. The highest BCUT2D eigenvalue weighted by Crippen LogP contribution is 2.19. The summed E-state index contributed by atoms with van der Waals surface area (Å²) in [6.07, 6.45) is 3.44. The van der Waals surface area contributed by atoms with Gasteiger partial charge in [0.15, 0.2) is 0 Å². The van der Waals surface area contributed by atoms with Crippen molar-refractivity contribution in [2.24, 2.45) is 0 Å². The van der Waals surface area contributed by atoms with E-state index >= 15 is 0 Å². The minimum atomic E-state index is -0.236. The number of anilines is 2. The van der Waals surface area contributed by atoms with Crippen LogP contribution in [0.4, 0.5) is 11.5 Å². The first kappa shape index (κ1) is 17.9. The van der Waals surface area contributed by atoms with Crippen molar-refractivity contribution in [2.75, 3.05) is 10.6 Å². The van der Waals surface area contributed by atoms with Crippen LogP contribution in [0.15, 0.2) is 79.1 Å². The Balaban J connectivity index is 1.50. The van der Waals surface area contributed by atoms with E-state index in [1.807, 2.05) is 24.3 Å². The molecule has 0 saturated heterocycles. The molecule has 6 heteroatoms. The Hall–Kier alpha value is -3.44. The number of nitrogens with zero attached hydrogens (tertiary/aromatic N) is 2. The van der Waals surface area contributed by atoms with Gasteiger partial charge in [0.05, 0.1) is 11.1 Å². The van der Waals surface area contributed by atoms with Gasteiger partial charge in [-0.25, -0.2) is 4.98 Å². The van der Waals surface area contributed by atoms with Crippen LogP contribution in [-0.4, -0.2) is 15.9 Å². The van der Waals surface area contributed by atoms with Crippen molar-refractivity contribution in [1.82, 2.24) is 9.97 Å². The number of aromatic nitrogens is 2. The lowest BCUT2D eigenvalue weighted by molar-refractivity contribution is 0.102. The van der Waals surface area contributed by atoms with E-state index in [0.717, 1.165) is 16.5 Å². The van der Waals surface area contributed by atoms with Crippen molar-refractivity contribution in [2.45, 2.75) is 6.54 Å². The SMILES string of the molecule is O=C(Nc1ccc(Cl)cc1)c1cccnc1NCc1ccc2ncccc2c1. The lowest BCUT2D eigenvalue weighted by Gasteiger charge is -2.12. The summed E-state index contributed by atoms with van der Waals surface area (Å²) in [5.74, 6) is 0.292. The Morgan fingerprint density at radius 2 is 1.71 bits per heavy atom. The summed E-state index contributed by atoms with van der Waals surface area (Å²) >= 11 is 5.89. The van der Waals surface area contributed by atoms with Crippen molar-refractivity contribution >= 4 is 39.9 Å². The molecule has 5 nitrogen and oxygen atoms in total. The molecule has 0 bridgehead atoms. The molecule has 0 fully saturated rings. The lowest BCUT2D eigenvalue weighted by atomic mass is 10.1. The average Bonchev–Trinajstić information content (AvgIpc) is 2.74. The Bertz CT molecular complexity index is 1130. The molecule has 28 heavy (non-hydrogen) atoms. The third kappa shape index (κ3) is 4.10. The molecule has 2 heterocycles. The number of hydrogen-bond donors (Lipinski definition) is 2. The second-order valence-electron chi connectivity index (χ2n) is 6.24. The number of carbonyl (C=O) groups is 1. The first-order chi connectivity index (χ1) is 13.7. The van der Waals surface area contributed by atoms with E-state index in [1.165, 1.54) is 0 Å². The molecule has 0 saturated carbocycles. The molecule has 0 spiro atoms. The molecule has 4 rings (SSSR count).